The molecule has 7 nitrogen and oxygen atoms in total. The molecule has 0 bridgehead atoms. The van der Waals surface area contributed by atoms with E-state index in [0.717, 1.165) is 34.4 Å². The molecule has 2 N–H and O–H groups in total. The molecule has 0 spiro atoms. The summed E-state index contributed by atoms with van der Waals surface area (Å²) in [7, 11) is 0. The average Bonchev–Trinajstić information content (AvgIpc) is 2.73. The van der Waals surface area contributed by atoms with Gasteiger partial charge in [-0.25, -0.2) is 5.43 Å². The van der Waals surface area contributed by atoms with Gasteiger partial charge in [0.25, 0.3) is 0 Å². The molecule has 9 heteroatoms. The van der Waals surface area contributed by atoms with E-state index in [1.807, 2.05) is 54.3 Å². The fourth-order valence-corrected chi connectivity index (χ4v) is 3.08. The molecule has 3 rings (SSSR count). The lowest BCUT2D eigenvalue weighted by atomic mass is 10.2. The van der Waals surface area contributed by atoms with Gasteiger partial charge in [0, 0.05) is 28.3 Å². The van der Waals surface area contributed by atoms with Crippen molar-refractivity contribution in [1.82, 2.24) is 15.0 Å². The van der Waals surface area contributed by atoms with Crippen LogP contribution in [0, 0.1) is 6.92 Å². The quantitative estimate of drug-likeness (QED) is 0.316. The topological polar surface area (TPSA) is 78.3 Å². The zero-order valence-corrected chi connectivity index (χ0v) is 19.4. The third-order valence-corrected chi connectivity index (χ3v) is 5.28. The van der Waals surface area contributed by atoms with Gasteiger partial charge in [-0.1, -0.05) is 45.7 Å². The van der Waals surface area contributed by atoms with E-state index in [1.165, 1.54) is 0 Å². The number of aromatic nitrogens is 3. The van der Waals surface area contributed by atoms with E-state index in [0.29, 0.717) is 22.9 Å². The highest BCUT2D eigenvalue weighted by Crippen LogP contribution is 2.23. The Bertz CT molecular complexity index is 1020. The van der Waals surface area contributed by atoms with Gasteiger partial charge in [0.15, 0.2) is 0 Å². The Morgan fingerprint density at radius 2 is 1.73 bits per heavy atom. The van der Waals surface area contributed by atoms with Crippen LogP contribution in [0.4, 0.5) is 23.5 Å². The Morgan fingerprint density at radius 3 is 2.40 bits per heavy atom. The first-order valence-electron chi connectivity index (χ1n) is 9.57. The van der Waals surface area contributed by atoms with Crippen LogP contribution in [0.3, 0.4) is 0 Å². The van der Waals surface area contributed by atoms with Crippen molar-refractivity contribution in [3.63, 3.8) is 0 Å². The van der Waals surface area contributed by atoms with Crippen LogP contribution in [0.15, 0.2) is 52.0 Å². The molecule has 0 radical (unpaired) electrons. The summed E-state index contributed by atoms with van der Waals surface area (Å²) in [4.78, 5) is 15.5. The van der Waals surface area contributed by atoms with Gasteiger partial charge in [-0.05, 0) is 56.2 Å². The van der Waals surface area contributed by atoms with E-state index in [2.05, 4.69) is 60.6 Å². The summed E-state index contributed by atoms with van der Waals surface area (Å²) in [5.74, 6) is 1.33. The molecular weight excluding hydrogens is 466 g/mol. The van der Waals surface area contributed by atoms with Gasteiger partial charge in [-0.3, -0.25) is 0 Å². The molecule has 1 heterocycles. The van der Waals surface area contributed by atoms with E-state index in [4.69, 9.17) is 11.6 Å². The van der Waals surface area contributed by atoms with Crippen LogP contribution < -0.4 is 15.6 Å². The first-order chi connectivity index (χ1) is 14.5. The lowest BCUT2D eigenvalue weighted by Gasteiger charge is -2.19. The molecule has 0 saturated carbocycles. The van der Waals surface area contributed by atoms with Gasteiger partial charge < -0.3 is 10.2 Å². The van der Waals surface area contributed by atoms with Crippen molar-refractivity contribution in [2.24, 2.45) is 5.10 Å². The summed E-state index contributed by atoms with van der Waals surface area (Å²) in [5.41, 5.74) is 5.66. The van der Waals surface area contributed by atoms with Crippen molar-refractivity contribution in [1.29, 1.82) is 0 Å². The number of hydrogen-bond donors (Lipinski definition) is 2. The third kappa shape index (κ3) is 5.90. The minimum Gasteiger partial charge on any atom is -0.341 e. The molecule has 0 unspecified atom stereocenters. The maximum absolute atomic E-state index is 6.24. The Hall–Kier alpha value is -2.71. The summed E-state index contributed by atoms with van der Waals surface area (Å²) >= 11 is 9.66. The van der Waals surface area contributed by atoms with Crippen LogP contribution in [-0.4, -0.2) is 34.3 Å². The second kappa shape index (κ2) is 10.4. The highest BCUT2D eigenvalue weighted by Gasteiger charge is 2.11. The van der Waals surface area contributed by atoms with Crippen molar-refractivity contribution < 1.29 is 0 Å². The summed E-state index contributed by atoms with van der Waals surface area (Å²) < 4.78 is 1.01. The van der Waals surface area contributed by atoms with E-state index >= 15 is 0 Å². The number of nitrogens with zero attached hydrogens (tertiary/aromatic N) is 5. The van der Waals surface area contributed by atoms with Gasteiger partial charge in [0.1, 0.15) is 0 Å². The number of nitrogens with one attached hydrogen (secondary N) is 2. The van der Waals surface area contributed by atoms with Gasteiger partial charge >= 0.3 is 0 Å². The Labute approximate surface area is 189 Å². The minimum absolute atomic E-state index is 0.348. The van der Waals surface area contributed by atoms with Gasteiger partial charge in [-0.15, -0.1) is 0 Å². The van der Waals surface area contributed by atoms with Crippen molar-refractivity contribution in [2.45, 2.75) is 20.8 Å². The van der Waals surface area contributed by atoms with Gasteiger partial charge in [0.05, 0.1) is 6.21 Å². The van der Waals surface area contributed by atoms with Crippen LogP contribution >= 0.6 is 27.5 Å². The number of hydrogen-bond acceptors (Lipinski definition) is 7. The lowest BCUT2D eigenvalue weighted by Crippen LogP contribution is -2.25. The summed E-state index contributed by atoms with van der Waals surface area (Å²) in [6.45, 7) is 7.62. The molecule has 30 heavy (non-hydrogen) atoms. The molecule has 0 atom stereocenters. The average molecular weight is 489 g/mol. The molecule has 0 aliphatic rings. The highest BCUT2D eigenvalue weighted by molar-refractivity contribution is 9.10. The standard InChI is InChI=1S/C21H23BrClN7/c1-4-30(5-2)21-27-19(25-17-11-6-14(3)18(23)12-17)26-20(28-21)29-24-13-15-7-9-16(22)10-8-15/h6-13H,4-5H2,1-3H3,(H2,25,26,27,28,29)/b24-13-. The first kappa shape index (κ1) is 22.0. The summed E-state index contributed by atoms with van der Waals surface area (Å²) in [6, 6.07) is 13.5. The van der Waals surface area contributed by atoms with Crippen molar-refractivity contribution in [2.75, 3.05) is 28.7 Å². The van der Waals surface area contributed by atoms with E-state index in [1.54, 1.807) is 6.21 Å². The third-order valence-electron chi connectivity index (χ3n) is 4.35. The molecule has 0 fully saturated rings. The largest absolute Gasteiger partial charge is 0.341 e. The molecule has 2 aromatic carbocycles. The van der Waals surface area contributed by atoms with Crippen molar-refractivity contribution in [3.8, 4) is 0 Å². The zero-order valence-electron chi connectivity index (χ0n) is 17.0. The molecule has 0 aliphatic carbocycles. The van der Waals surface area contributed by atoms with E-state index in [-0.39, 0.29) is 0 Å². The fourth-order valence-electron chi connectivity index (χ4n) is 2.63. The normalized spacial score (nSPS) is 11.0. The van der Waals surface area contributed by atoms with Crippen LogP contribution in [0.2, 0.25) is 5.02 Å². The lowest BCUT2D eigenvalue weighted by molar-refractivity contribution is 0.814. The number of rotatable bonds is 8. The Morgan fingerprint density at radius 1 is 1.03 bits per heavy atom. The number of hydrazone groups is 1. The summed E-state index contributed by atoms with van der Waals surface area (Å²) in [6.07, 6.45) is 1.71. The minimum atomic E-state index is 0.348. The van der Waals surface area contributed by atoms with Gasteiger partial charge in [-0.2, -0.15) is 20.1 Å². The van der Waals surface area contributed by atoms with Crippen LogP contribution in [-0.2, 0) is 0 Å². The second-order valence-corrected chi connectivity index (χ2v) is 7.79. The van der Waals surface area contributed by atoms with E-state index < -0.39 is 0 Å². The van der Waals surface area contributed by atoms with Crippen LogP contribution in [0.1, 0.15) is 25.0 Å². The zero-order chi connectivity index (χ0) is 21.5. The predicted molar refractivity (Wildman–Crippen MR) is 128 cm³/mol. The monoisotopic (exact) mass is 487 g/mol. The molecule has 156 valence electrons. The highest BCUT2D eigenvalue weighted by atomic mass is 79.9. The van der Waals surface area contributed by atoms with Crippen LogP contribution in [0.25, 0.3) is 0 Å². The predicted octanol–water partition coefficient (Wildman–Crippen LogP) is 5.63. The summed E-state index contributed by atoms with van der Waals surface area (Å²) in [5, 5.41) is 8.13. The number of anilines is 4. The first-order valence-corrected chi connectivity index (χ1v) is 10.7. The van der Waals surface area contributed by atoms with Gasteiger partial charge in [0.2, 0.25) is 17.8 Å². The maximum atomic E-state index is 6.24. The maximum Gasteiger partial charge on any atom is 0.250 e. The van der Waals surface area contributed by atoms with E-state index in [9.17, 15) is 0 Å². The Balaban J connectivity index is 1.85. The fraction of sp³-hybridized carbons (Fsp3) is 0.238. The Kier molecular flexibility index (Phi) is 7.59. The second-order valence-electron chi connectivity index (χ2n) is 6.47. The van der Waals surface area contributed by atoms with Crippen LogP contribution in [0.5, 0.6) is 0 Å². The molecule has 0 amide bonds. The molecule has 0 saturated heterocycles. The molecular formula is C21H23BrClN7. The van der Waals surface area contributed by atoms with Crippen molar-refractivity contribution in [3.05, 3.63) is 63.1 Å². The molecule has 3 aromatic rings. The number of benzene rings is 2. The number of aryl methyl sites for hydroxylation is 1. The molecule has 0 aliphatic heterocycles. The molecule has 1 aromatic heterocycles. The smallest absolute Gasteiger partial charge is 0.250 e. The SMILES string of the molecule is CCN(CC)c1nc(N/N=C\c2ccc(Br)cc2)nc(Nc2ccc(C)c(Cl)c2)n1. The van der Waals surface area contributed by atoms with Crippen molar-refractivity contribution >= 4 is 57.3 Å². The number of halogens is 2.